The minimum atomic E-state index is -0.663. The average Bonchev–Trinajstić information content (AvgIpc) is 2.54. The fourth-order valence-corrected chi connectivity index (χ4v) is 2.49. The van der Waals surface area contributed by atoms with Crippen LogP contribution in [-0.2, 0) is 0 Å². The molecule has 0 aliphatic carbocycles. The van der Waals surface area contributed by atoms with Gasteiger partial charge in [-0.1, -0.05) is 54.1 Å². The first kappa shape index (κ1) is 14.9. The number of nitrogens with zero attached hydrogens (tertiary/aromatic N) is 2. The van der Waals surface area contributed by atoms with Crippen molar-refractivity contribution < 1.29 is 4.92 Å². The van der Waals surface area contributed by atoms with Gasteiger partial charge in [-0.3, -0.25) is 15.1 Å². The largest absolute Gasteiger partial charge is 0.346 e. The Morgan fingerprint density at radius 2 is 1.74 bits per heavy atom. The Morgan fingerprint density at radius 1 is 1.04 bits per heavy atom. The molecule has 0 bridgehead atoms. The second-order valence-electron chi connectivity index (χ2n) is 4.75. The van der Waals surface area contributed by atoms with Crippen LogP contribution < -0.4 is 5.69 Å². The van der Waals surface area contributed by atoms with Crippen molar-refractivity contribution in [1.82, 2.24) is 9.97 Å². The predicted octanol–water partition coefficient (Wildman–Crippen LogP) is 3.67. The molecular weight excluding hydrogens is 318 g/mol. The molecule has 2 aromatic carbocycles. The highest BCUT2D eigenvalue weighted by atomic mass is 35.5. The third kappa shape index (κ3) is 2.97. The first-order chi connectivity index (χ1) is 11.1. The Morgan fingerprint density at radius 3 is 2.39 bits per heavy atom. The summed E-state index contributed by atoms with van der Waals surface area (Å²) in [7, 11) is 0. The predicted molar refractivity (Wildman–Crippen MR) is 87.4 cm³/mol. The number of nitrogens with one attached hydrogen (secondary N) is 1. The Kier molecular flexibility index (Phi) is 3.91. The van der Waals surface area contributed by atoms with E-state index in [2.05, 4.69) is 9.97 Å². The van der Waals surface area contributed by atoms with Gasteiger partial charge in [0.1, 0.15) is 5.69 Å². The number of aromatic nitrogens is 2. The van der Waals surface area contributed by atoms with Crippen LogP contribution in [0.15, 0.2) is 59.4 Å². The van der Waals surface area contributed by atoms with Crippen molar-refractivity contribution in [3.8, 4) is 22.5 Å². The summed E-state index contributed by atoms with van der Waals surface area (Å²) < 4.78 is 0. The number of nitro groups is 1. The molecule has 1 aromatic heterocycles. The maximum Gasteiger partial charge on any atom is 0.346 e. The number of hydrogen-bond acceptors (Lipinski definition) is 4. The molecule has 1 N–H and O–H groups in total. The zero-order valence-electron chi connectivity index (χ0n) is 11.7. The normalized spacial score (nSPS) is 10.5. The smallest absolute Gasteiger partial charge is 0.299 e. The van der Waals surface area contributed by atoms with Crippen LogP contribution in [0.5, 0.6) is 0 Å². The van der Waals surface area contributed by atoms with Gasteiger partial charge in [-0.15, -0.1) is 0 Å². The summed E-state index contributed by atoms with van der Waals surface area (Å²) in [6.45, 7) is 0. The molecule has 0 radical (unpaired) electrons. The van der Waals surface area contributed by atoms with Crippen LogP contribution >= 0.6 is 11.6 Å². The standard InChI is InChI=1S/C16H10ClN3O3/c17-12-8-4-7-11(9-12)14-15(20(22)23)13(18-16(21)19-14)10-5-2-1-3-6-10/h1-9H,(H,18,19,21). The molecular formula is C16H10ClN3O3. The molecule has 0 fully saturated rings. The SMILES string of the molecule is O=c1nc(-c2cccc(Cl)c2)c([N+](=O)[O-])c(-c2ccccc2)[nH]1. The lowest BCUT2D eigenvalue weighted by molar-refractivity contribution is -0.383. The summed E-state index contributed by atoms with van der Waals surface area (Å²) in [6.07, 6.45) is 0. The quantitative estimate of drug-likeness (QED) is 0.587. The van der Waals surface area contributed by atoms with Crippen molar-refractivity contribution in [2.75, 3.05) is 0 Å². The summed E-state index contributed by atoms with van der Waals surface area (Å²) in [5, 5.41) is 12.0. The lowest BCUT2D eigenvalue weighted by atomic mass is 10.1. The van der Waals surface area contributed by atoms with Gasteiger partial charge >= 0.3 is 11.4 Å². The van der Waals surface area contributed by atoms with Gasteiger partial charge in [-0.05, 0) is 12.1 Å². The molecule has 0 amide bonds. The van der Waals surface area contributed by atoms with Gasteiger partial charge in [0.25, 0.3) is 0 Å². The zero-order valence-corrected chi connectivity index (χ0v) is 12.4. The van der Waals surface area contributed by atoms with Crippen LogP contribution in [0.25, 0.3) is 22.5 Å². The van der Waals surface area contributed by atoms with Gasteiger partial charge in [-0.25, -0.2) is 4.79 Å². The van der Waals surface area contributed by atoms with E-state index in [0.717, 1.165) is 0 Å². The van der Waals surface area contributed by atoms with Crippen molar-refractivity contribution in [3.63, 3.8) is 0 Å². The molecule has 0 saturated carbocycles. The molecule has 114 valence electrons. The second kappa shape index (κ2) is 6.02. The number of aromatic amines is 1. The van der Waals surface area contributed by atoms with Gasteiger partial charge in [0.2, 0.25) is 0 Å². The number of rotatable bonds is 3. The Balaban J connectivity index is 2.35. The van der Waals surface area contributed by atoms with E-state index in [1.807, 2.05) is 0 Å². The van der Waals surface area contributed by atoms with Gasteiger partial charge in [-0.2, -0.15) is 4.98 Å². The maximum atomic E-state index is 11.9. The molecule has 1 heterocycles. The summed E-state index contributed by atoms with van der Waals surface area (Å²) in [5.41, 5.74) is 0.114. The lowest BCUT2D eigenvalue weighted by Crippen LogP contribution is -2.15. The molecule has 0 saturated heterocycles. The monoisotopic (exact) mass is 327 g/mol. The van der Waals surface area contributed by atoms with Crippen LogP contribution in [0.3, 0.4) is 0 Å². The summed E-state index contributed by atoms with van der Waals surface area (Å²) in [4.78, 5) is 29.2. The fourth-order valence-electron chi connectivity index (χ4n) is 2.30. The van der Waals surface area contributed by atoms with Gasteiger partial charge in [0.15, 0.2) is 5.69 Å². The van der Waals surface area contributed by atoms with E-state index in [4.69, 9.17) is 11.6 Å². The van der Waals surface area contributed by atoms with Gasteiger partial charge in [0, 0.05) is 16.1 Å². The van der Waals surface area contributed by atoms with E-state index in [0.29, 0.717) is 16.1 Å². The van der Waals surface area contributed by atoms with E-state index < -0.39 is 10.6 Å². The van der Waals surface area contributed by atoms with Crippen molar-refractivity contribution >= 4 is 17.3 Å². The lowest BCUT2D eigenvalue weighted by Gasteiger charge is -2.07. The number of benzene rings is 2. The van der Waals surface area contributed by atoms with Crippen molar-refractivity contribution in [2.45, 2.75) is 0 Å². The molecule has 3 rings (SSSR count). The number of H-pyrrole nitrogens is 1. The average molecular weight is 328 g/mol. The first-order valence-corrected chi connectivity index (χ1v) is 7.04. The summed E-state index contributed by atoms with van der Waals surface area (Å²) in [5.74, 6) is 0. The highest BCUT2D eigenvalue weighted by Crippen LogP contribution is 2.35. The van der Waals surface area contributed by atoms with E-state index in [9.17, 15) is 14.9 Å². The van der Waals surface area contributed by atoms with Crippen molar-refractivity contribution in [3.05, 3.63) is 80.2 Å². The molecule has 0 aliphatic rings. The third-order valence-corrected chi connectivity index (χ3v) is 3.48. The Hall–Kier alpha value is -2.99. The van der Waals surface area contributed by atoms with Gasteiger partial charge in [0.05, 0.1) is 4.92 Å². The van der Waals surface area contributed by atoms with Crippen molar-refractivity contribution in [2.24, 2.45) is 0 Å². The minimum absolute atomic E-state index is 0.0138. The maximum absolute atomic E-state index is 11.9. The third-order valence-electron chi connectivity index (χ3n) is 3.25. The zero-order chi connectivity index (χ0) is 16.4. The molecule has 6 nitrogen and oxygen atoms in total. The topological polar surface area (TPSA) is 88.9 Å². The molecule has 7 heteroatoms. The minimum Gasteiger partial charge on any atom is -0.299 e. The van der Waals surface area contributed by atoms with Crippen LogP contribution in [0.2, 0.25) is 5.02 Å². The molecule has 23 heavy (non-hydrogen) atoms. The van der Waals surface area contributed by atoms with E-state index in [1.165, 1.54) is 6.07 Å². The van der Waals surface area contributed by atoms with Crippen LogP contribution in [0, 0.1) is 10.1 Å². The fraction of sp³-hybridized carbons (Fsp3) is 0. The van der Waals surface area contributed by atoms with Gasteiger partial charge < -0.3 is 0 Å². The molecule has 0 atom stereocenters. The molecule has 0 unspecified atom stereocenters. The first-order valence-electron chi connectivity index (χ1n) is 6.66. The second-order valence-corrected chi connectivity index (χ2v) is 5.18. The molecule has 0 spiro atoms. The molecule has 3 aromatic rings. The number of halogens is 1. The van der Waals surface area contributed by atoms with E-state index in [-0.39, 0.29) is 17.1 Å². The highest BCUT2D eigenvalue weighted by molar-refractivity contribution is 6.30. The summed E-state index contributed by atoms with van der Waals surface area (Å²) in [6, 6.07) is 15.1. The van der Waals surface area contributed by atoms with E-state index in [1.54, 1.807) is 48.5 Å². The molecule has 0 aliphatic heterocycles. The van der Waals surface area contributed by atoms with E-state index >= 15 is 0 Å². The highest BCUT2D eigenvalue weighted by Gasteiger charge is 2.25. The Bertz CT molecular complexity index is 939. The van der Waals surface area contributed by atoms with Crippen molar-refractivity contribution in [1.29, 1.82) is 0 Å². The number of hydrogen-bond donors (Lipinski definition) is 1. The Labute approximate surface area is 135 Å². The van der Waals surface area contributed by atoms with Crippen LogP contribution in [0.1, 0.15) is 0 Å². The summed E-state index contributed by atoms with van der Waals surface area (Å²) >= 11 is 5.94. The van der Waals surface area contributed by atoms with Crippen LogP contribution in [0.4, 0.5) is 5.69 Å². The van der Waals surface area contributed by atoms with Crippen LogP contribution in [-0.4, -0.2) is 14.9 Å².